The minimum Gasteiger partial charge on any atom is -0.207 e. The third-order valence-corrected chi connectivity index (χ3v) is 8.66. The van der Waals surface area contributed by atoms with E-state index in [1.807, 2.05) is 6.92 Å². The van der Waals surface area contributed by atoms with E-state index in [1.54, 1.807) is 6.07 Å². The lowest BCUT2D eigenvalue weighted by molar-refractivity contribution is 0.149. The molecule has 2 aliphatic carbocycles. The van der Waals surface area contributed by atoms with Crippen LogP contribution in [0.1, 0.15) is 95.1 Å². The van der Waals surface area contributed by atoms with E-state index >= 15 is 0 Å². The minimum absolute atomic E-state index is 0.0597. The largest absolute Gasteiger partial charge is 0.207 e. The Morgan fingerprint density at radius 1 is 1.07 bits per heavy atom. The molecule has 0 radical (unpaired) electrons. The van der Waals surface area contributed by atoms with Gasteiger partial charge in [-0.15, -0.1) is 0 Å². The molecule has 1 unspecified atom stereocenters. The molecule has 2 fully saturated rings. The van der Waals surface area contributed by atoms with Gasteiger partial charge in [-0.3, -0.25) is 0 Å². The molecule has 0 N–H and O–H groups in total. The molecule has 2 saturated carbocycles. The highest BCUT2D eigenvalue weighted by molar-refractivity contribution is 14.1. The van der Waals surface area contributed by atoms with Crippen LogP contribution in [0.5, 0.6) is 0 Å². The van der Waals surface area contributed by atoms with E-state index in [2.05, 4.69) is 49.1 Å². The van der Waals surface area contributed by atoms with E-state index in [4.69, 9.17) is 0 Å². The molecule has 0 amide bonds. The molecular weight excluding hydrogens is 458 g/mol. The number of benzene rings is 1. The van der Waals surface area contributed by atoms with E-state index in [9.17, 15) is 4.39 Å². The van der Waals surface area contributed by atoms with Crippen molar-refractivity contribution in [2.75, 3.05) is 0 Å². The second kappa shape index (κ2) is 10.1. The van der Waals surface area contributed by atoms with Gasteiger partial charge in [0.05, 0.1) is 0 Å². The summed E-state index contributed by atoms with van der Waals surface area (Å²) in [5.41, 5.74) is 3.11. The minimum atomic E-state index is -0.0597. The van der Waals surface area contributed by atoms with Crippen molar-refractivity contribution >= 4 is 22.6 Å². The van der Waals surface area contributed by atoms with Gasteiger partial charge >= 0.3 is 0 Å². The smallest absolute Gasteiger partial charge is 0.128 e. The molecule has 1 aromatic rings. The Bertz CT molecular complexity index is 640. The van der Waals surface area contributed by atoms with Gasteiger partial charge < -0.3 is 0 Å². The van der Waals surface area contributed by atoms with Crippen LogP contribution in [-0.2, 0) is 0 Å². The molecule has 1 aromatic carbocycles. The average molecular weight is 496 g/mol. The summed E-state index contributed by atoms with van der Waals surface area (Å²) in [7, 11) is 0. The first-order valence-electron chi connectivity index (χ1n) is 11.5. The second-order valence-electron chi connectivity index (χ2n) is 9.62. The maximum atomic E-state index is 14.6. The summed E-state index contributed by atoms with van der Waals surface area (Å²) >= 11 is 2.29. The van der Waals surface area contributed by atoms with Crippen molar-refractivity contribution in [2.24, 2.45) is 23.7 Å². The Hall–Kier alpha value is -0.380. The Morgan fingerprint density at radius 2 is 1.64 bits per heavy atom. The number of hydrogen-bond donors (Lipinski definition) is 0. The number of hydrogen-bond acceptors (Lipinski definition) is 0. The maximum absolute atomic E-state index is 14.6. The first-order valence-corrected chi connectivity index (χ1v) is 12.6. The van der Waals surface area contributed by atoms with Crippen LogP contribution in [0.4, 0.5) is 4.39 Å². The van der Waals surface area contributed by atoms with Gasteiger partial charge in [0.2, 0.25) is 0 Å². The van der Waals surface area contributed by atoms with Crippen LogP contribution in [0.15, 0.2) is 24.3 Å². The monoisotopic (exact) mass is 496 g/mol. The molecule has 0 spiro atoms. The first kappa shape index (κ1) is 22.3. The zero-order valence-electron chi connectivity index (χ0n) is 18.1. The van der Waals surface area contributed by atoms with Crippen LogP contribution in [0.3, 0.4) is 0 Å². The highest BCUT2D eigenvalue weighted by atomic mass is 127. The molecule has 0 aromatic heterocycles. The highest BCUT2D eigenvalue weighted by Crippen LogP contribution is 2.45. The SMILES string of the molecule is C=C(C1CCC(C2CCC(CCC)CC2)CC1)C(C)c1c(F)cc(C)cc1I. The van der Waals surface area contributed by atoms with E-state index in [0.717, 1.165) is 32.5 Å². The van der Waals surface area contributed by atoms with E-state index in [0.29, 0.717) is 5.92 Å². The van der Waals surface area contributed by atoms with Crippen LogP contribution < -0.4 is 0 Å². The number of aryl methyl sites for hydroxylation is 1. The quantitative estimate of drug-likeness (QED) is 0.273. The molecule has 0 nitrogen and oxygen atoms in total. The van der Waals surface area contributed by atoms with Gasteiger partial charge in [-0.05, 0) is 109 Å². The first-order chi connectivity index (χ1) is 13.4. The van der Waals surface area contributed by atoms with Gasteiger partial charge in [-0.1, -0.05) is 51.7 Å². The van der Waals surface area contributed by atoms with Gasteiger partial charge in [0.25, 0.3) is 0 Å². The van der Waals surface area contributed by atoms with E-state index < -0.39 is 0 Å². The summed E-state index contributed by atoms with van der Waals surface area (Å²) in [6, 6.07) is 3.77. The third-order valence-electron chi connectivity index (χ3n) is 7.76. The number of allylic oxidation sites excluding steroid dienone is 1. The number of rotatable bonds is 6. The molecule has 2 heteroatoms. The lowest BCUT2D eigenvalue weighted by Crippen LogP contribution is -2.27. The van der Waals surface area contributed by atoms with Crippen molar-refractivity contribution in [1.29, 1.82) is 0 Å². The summed E-state index contributed by atoms with van der Waals surface area (Å²) in [5.74, 6) is 3.52. The lowest BCUT2D eigenvalue weighted by atomic mass is 9.67. The summed E-state index contributed by atoms with van der Waals surface area (Å²) in [6.07, 6.45) is 13.9. The fourth-order valence-corrected chi connectivity index (χ4v) is 7.20. The standard InChI is InChI=1S/C26H38FI/c1-5-6-20-7-9-22(10-8-20)23-13-11-21(12-14-23)18(3)19(4)26-24(27)15-17(2)16-25(26)28/h15-16,19-23H,3,5-14H2,1-2,4H3. The lowest BCUT2D eigenvalue weighted by Gasteiger charge is -2.39. The normalized spacial score (nSPS) is 29.5. The summed E-state index contributed by atoms with van der Waals surface area (Å²) in [5, 5.41) is 0. The fourth-order valence-electron chi connectivity index (χ4n) is 5.98. The molecular formula is C26H38FI. The second-order valence-corrected chi connectivity index (χ2v) is 10.8. The fraction of sp³-hybridized carbons (Fsp3) is 0.692. The summed E-state index contributed by atoms with van der Waals surface area (Å²) in [4.78, 5) is 0. The molecule has 3 rings (SSSR count). The molecule has 2 aliphatic rings. The van der Waals surface area contributed by atoms with Crippen LogP contribution in [0.25, 0.3) is 0 Å². The van der Waals surface area contributed by atoms with Gasteiger partial charge in [-0.25, -0.2) is 4.39 Å². The van der Waals surface area contributed by atoms with Gasteiger partial charge in [0.1, 0.15) is 5.82 Å². The predicted octanol–water partition coefficient (Wildman–Crippen LogP) is 8.81. The van der Waals surface area contributed by atoms with Crippen molar-refractivity contribution < 1.29 is 4.39 Å². The van der Waals surface area contributed by atoms with Crippen molar-refractivity contribution in [3.63, 3.8) is 0 Å². The predicted molar refractivity (Wildman–Crippen MR) is 127 cm³/mol. The van der Waals surface area contributed by atoms with Crippen molar-refractivity contribution in [3.8, 4) is 0 Å². The molecule has 0 saturated heterocycles. The Balaban J connectivity index is 1.54. The maximum Gasteiger partial charge on any atom is 0.128 e. The zero-order chi connectivity index (χ0) is 20.3. The highest BCUT2D eigenvalue weighted by Gasteiger charge is 2.32. The van der Waals surface area contributed by atoms with Crippen LogP contribution in [0, 0.1) is 40.0 Å². The van der Waals surface area contributed by atoms with Gasteiger partial charge in [-0.2, -0.15) is 0 Å². The zero-order valence-corrected chi connectivity index (χ0v) is 20.2. The van der Waals surface area contributed by atoms with Crippen LogP contribution in [0.2, 0.25) is 0 Å². The van der Waals surface area contributed by atoms with Crippen LogP contribution >= 0.6 is 22.6 Å². The van der Waals surface area contributed by atoms with Crippen molar-refractivity contribution in [1.82, 2.24) is 0 Å². The number of halogens is 2. The van der Waals surface area contributed by atoms with Crippen LogP contribution in [-0.4, -0.2) is 0 Å². The van der Waals surface area contributed by atoms with Gasteiger partial charge in [0.15, 0.2) is 0 Å². The summed E-state index contributed by atoms with van der Waals surface area (Å²) < 4.78 is 15.7. The average Bonchev–Trinajstić information content (AvgIpc) is 2.67. The molecule has 28 heavy (non-hydrogen) atoms. The molecule has 0 aliphatic heterocycles. The molecule has 156 valence electrons. The van der Waals surface area contributed by atoms with Gasteiger partial charge in [0, 0.05) is 15.1 Å². The Morgan fingerprint density at radius 3 is 2.18 bits per heavy atom. The molecule has 0 bridgehead atoms. The van der Waals surface area contributed by atoms with Crippen molar-refractivity contribution in [3.05, 3.63) is 44.8 Å². The molecule has 1 atom stereocenters. The Kier molecular flexibility index (Phi) is 8.04. The van der Waals surface area contributed by atoms with E-state index in [1.165, 1.54) is 69.8 Å². The van der Waals surface area contributed by atoms with E-state index in [-0.39, 0.29) is 11.7 Å². The third kappa shape index (κ3) is 5.21. The Labute approximate surface area is 185 Å². The topological polar surface area (TPSA) is 0 Å². The van der Waals surface area contributed by atoms with Crippen molar-refractivity contribution in [2.45, 2.75) is 90.9 Å². The molecule has 0 heterocycles. The summed E-state index contributed by atoms with van der Waals surface area (Å²) in [6.45, 7) is 10.9.